The van der Waals surface area contributed by atoms with Gasteiger partial charge in [-0.05, 0) is 12.3 Å². The molecule has 0 aliphatic rings. The molecule has 0 bridgehead atoms. The molecule has 0 aliphatic carbocycles. The van der Waals surface area contributed by atoms with Crippen molar-refractivity contribution in [3.63, 3.8) is 0 Å². The first kappa shape index (κ1) is 27.4. The Labute approximate surface area is 137 Å². The van der Waals surface area contributed by atoms with Gasteiger partial charge in [0.1, 0.15) is 0 Å². The molecule has 12 heteroatoms. The summed E-state index contributed by atoms with van der Waals surface area (Å²) in [6, 6.07) is 0. The van der Waals surface area contributed by atoms with Gasteiger partial charge < -0.3 is 23.8 Å². The average Bonchev–Trinajstić information content (AvgIpc) is 1.78. The average molecular weight is 266 g/mol. The first-order valence-electron chi connectivity index (χ1n) is 3.81. The monoisotopic (exact) mass is 266 g/mol. The predicted octanol–water partition coefficient (Wildman–Crippen LogP) is -9.63. The van der Waals surface area contributed by atoms with E-state index in [2.05, 4.69) is 8.83 Å². The van der Waals surface area contributed by atoms with E-state index in [4.69, 9.17) is 0 Å². The molecule has 0 aromatic rings. The van der Waals surface area contributed by atoms with Crippen LogP contribution in [0.4, 0.5) is 0 Å². The number of hydrogen-bond donors (Lipinski definition) is 0. The van der Waals surface area contributed by atoms with Gasteiger partial charge >= 0.3 is 56.6 Å². The maximum Gasteiger partial charge on any atom is 1.00 e. The van der Waals surface area contributed by atoms with Gasteiger partial charge in [0.25, 0.3) is 7.82 Å². The first-order chi connectivity index (χ1) is 6.12. The van der Waals surface area contributed by atoms with Crippen molar-refractivity contribution in [2.75, 3.05) is 6.61 Å². The Kier molecular flexibility index (Phi) is 19.1. The molecule has 0 fully saturated rings. The summed E-state index contributed by atoms with van der Waals surface area (Å²) in [5.41, 5.74) is 0. The second-order valence-corrected chi connectivity index (χ2v) is 5.69. The van der Waals surface area contributed by atoms with Gasteiger partial charge in [-0.1, -0.05) is 13.8 Å². The van der Waals surface area contributed by atoms with Crippen LogP contribution in [0.15, 0.2) is 0 Å². The molecular weight excluding hydrogens is 255 g/mol. The van der Waals surface area contributed by atoms with E-state index < -0.39 is 15.6 Å². The fraction of sp³-hybridized carbons (Fsp3) is 1.00. The van der Waals surface area contributed by atoms with Crippen molar-refractivity contribution in [3.8, 4) is 0 Å². The maximum atomic E-state index is 10.6. The van der Waals surface area contributed by atoms with Crippen LogP contribution in [0.5, 0.6) is 0 Å². The summed E-state index contributed by atoms with van der Waals surface area (Å²) in [7, 11) is -10.6. The minimum atomic E-state index is -5.55. The van der Waals surface area contributed by atoms with Gasteiger partial charge in [0.15, 0.2) is 0 Å². The van der Waals surface area contributed by atoms with E-state index in [9.17, 15) is 23.8 Å². The number of phosphoric ester groups is 1. The summed E-state index contributed by atoms with van der Waals surface area (Å²) in [5.74, 6) is 0.196. The van der Waals surface area contributed by atoms with Gasteiger partial charge in [-0.3, -0.25) is 8.88 Å². The molecule has 0 aromatic heterocycles. The number of rotatable bonds is 6. The van der Waals surface area contributed by atoms with Crippen molar-refractivity contribution in [1.29, 1.82) is 0 Å². The Morgan fingerprint density at radius 3 is 1.76 bits per heavy atom. The van der Waals surface area contributed by atoms with Crippen LogP contribution in [0.2, 0.25) is 0 Å². The van der Waals surface area contributed by atoms with Gasteiger partial charge in [-0.15, -0.1) is 0 Å². The smallest absolute Gasteiger partial charge is 0.790 e. The van der Waals surface area contributed by atoms with Crippen LogP contribution >= 0.6 is 15.6 Å². The van der Waals surface area contributed by atoms with Crippen LogP contribution in [0.25, 0.3) is 0 Å². The van der Waals surface area contributed by atoms with Crippen LogP contribution in [0.3, 0.4) is 0 Å². The molecule has 0 heterocycles. The Hall–Kier alpha value is 2.05. The summed E-state index contributed by atoms with van der Waals surface area (Å²) in [4.78, 5) is 30.5. The van der Waals surface area contributed by atoms with Crippen molar-refractivity contribution < 1.29 is 89.2 Å². The van der Waals surface area contributed by atoms with Crippen molar-refractivity contribution in [3.05, 3.63) is 0 Å². The Balaban J connectivity index is -0.000000282. The summed E-state index contributed by atoms with van der Waals surface area (Å²) >= 11 is 0. The zero-order chi connectivity index (χ0) is 11.4. The van der Waals surface area contributed by atoms with Gasteiger partial charge in [0, 0.05) is 0 Å². The van der Waals surface area contributed by atoms with E-state index in [1.54, 1.807) is 0 Å². The summed E-state index contributed by atoms with van der Waals surface area (Å²) in [5, 5.41) is 0. The van der Waals surface area contributed by atoms with Crippen LogP contribution in [-0.4, -0.2) is 6.61 Å². The molecule has 0 N–H and O–H groups in total. The minimum absolute atomic E-state index is 0. The third-order valence-corrected chi connectivity index (χ3v) is 3.24. The van der Waals surface area contributed by atoms with E-state index in [0.29, 0.717) is 6.42 Å². The second-order valence-electron chi connectivity index (χ2n) is 2.99. The molecule has 0 amide bonds. The summed E-state index contributed by atoms with van der Waals surface area (Å²) in [6.07, 6.45) is 0.414. The minimum Gasteiger partial charge on any atom is -0.790 e. The van der Waals surface area contributed by atoms with Crippen LogP contribution in [0.1, 0.15) is 20.3 Å². The van der Waals surface area contributed by atoms with E-state index in [1.807, 2.05) is 13.8 Å². The SMILES string of the molecule is CC(C)CCOP(=O)([O-])OP(=O)([O-])[O-].[Li+].[Li+].[Li+]. The molecule has 0 aliphatic heterocycles. The molecular formula is C5H11Li3O7P2. The van der Waals surface area contributed by atoms with Crippen molar-refractivity contribution in [2.24, 2.45) is 5.92 Å². The van der Waals surface area contributed by atoms with E-state index in [1.165, 1.54) is 0 Å². The van der Waals surface area contributed by atoms with Crippen LogP contribution < -0.4 is 71.3 Å². The molecule has 0 aromatic carbocycles. The molecule has 7 nitrogen and oxygen atoms in total. The largest absolute Gasteiger partial charge is 1.00 e. The van der Waals surface area contributed by atoms with Gasteiger partial charge in [0.2, 0.25) is 0 Å². The summed E-state index contributed by atoms with van der Waals surface area (Å²) in [6.45, 7) is 3.44. The molecule has 0 saturated heterocycles. The third-order valence-electron chi connectivity index (χ3n) is 1.14. The van der Waals surface area contributed by atoms with Gasteiger partial charge in [0.05, 0.1) is 14.4 Å². The Bertz CT molecular complexity index is 268. The number of phosphoric acid groups is 2. The molecule has 86 valence electrons. The molecule has 17 heavy (non-hydrogen) atoms. The maximum absolute atomic E-state index is 10.6. The van der Waals surface area contributed by atoms with Gasteiger partial charge in [-0.25, -0.2) is 0 Å². The van der Waals surface area contributed by atoms with Gasteiger partial charge in [-0.2, -0.15) is 0 Å². The van der Waals surface area contributed by atoms with Crippen LogP contribution in [-0.2, 0) is 18.0 Å². The molecule has 0 rings (SSSR count). The van der Waals surface area contributed by atoms with E-state index >= 15 is 0 Å². The molecule has 1 atom stereocenters. The van der Waals surface area contributed by atoms with Crippen molar-refractivity contribution in [2.45, 2.75) is 20.3 Å². The normalized spacial score (nSPS) is 14.0. The van der Waals surface area contributed by atoms with Crippen molar-refractivity contribution >= 4 is 15.6 Å². The standard InChI is InChI=1S/C5H14O7P2.3Li/c1-5(2)3-4-11-14(9,10)12-13(6,7)8;;;/h5H,3-4H2,1-2H3,(H,9,10)(H2,6,7,8);;;/q;3*+1/p-3. The Morgan fingerprint density at radius 1 is 1.06 bits per heavy atom. The fourth-order valence-corrected chi connectivity index (χ4v) is 2.04. The first-order valence-corrected chi connectivity index (χ1v) is 6.73. The molecule has 1 unspecified atom stereocenters. The third kappa shape index (κ3) is 20.5. The van der Waals surface area contributed by atoms with E-state index in [0.717, 1.165) is 0 Å². The van der Waals surface area contributed by atoms with Crippen LogP contribution in [0, 0.1) is 5.92 Å². The van der Waals surface area contributed by atoms with Crippen molar-refractivity contribution in [1.82, 2.24) is 0 Å². The number of hydrogen-bond acceptors (Lipinski definition) is 7. The molecule has 0 radical (unpaired) electrons. The Morgan fingerprint density at radius 2 is 1.47 bits per heavy atom. The predicted molar refractivity (Wildman–Crippen MR) is 41.7 cm³/mol. The fourth-order valence-electron chi connectivity index (χ4n) is 0.546. The summed E-state index contributed by atoms with van der Waals surface area (Å²) < 4.78 is 27.9. The zero-order valence-corrected chi connectivity index (χ0v) is 12.5. The molecule has 0 saturated carbocycles. The topological polar surface area (TPSA) is 122 Å². The zero-order valence-electron chi connectivity index (χ0n) is 10.7. The second kappa shape index (κ2) is 11.8. The quantitative estimate of drug-likeness (QED) is 0.345. The molecule has 0 spiro atoms. The van der Waals surface area contributed by atoms with E-state index in [-0.39, 0.29) is 69.1 Å².